The van der Waals surface area contributed by atoms with E-state index in [2.05, 4.69) is 161 Å². The van der Waals surface area contributed by atoms with Gasteiger partial charge < -0.3 is 10.5 Å². The molecule has 0 saturated heterocycles. The first-order valence-electron chi connectivity index (χ1n) is 19.0. The van der Waals surface area contributed by atoms with Gasteiger partial charge in [0.25, 0.3) is 0 Å². The van der Waals surface area contributed by atoms with Crippen molar-refractivity contribution in [1.82, 2.24) is 10.5 Å². The van der Waals surface area contributed by atoms with Crippen LogP contribution in [0.4, 0.5) is 0 Å². The van der Waals surface area contributed by atoms with E-state index in [-0.39, 0.29) is 0 Å². The molecule has 54 heavy (non-hydrogen) atoms. The van der Waals surface area contributed by atoms with Gasteiger partial charge >= 0.3 is 45.4 Å². The zero-order valence-electron chi connectivity index (χ0n) is 32.6. The molecule has 0 aromatic heterocycles. The van der Waals surface area contributed by atoms with Crippen LogP contribution in [-0.2, 0) is 43.3 Å². The predicted molar refractivity (Wildman–Crippen MR) is 231 cm³/mol. The number of nitrogens with one attached hydrogen (secondary N) is 2. The first-order valence-corrected chi connectivity index (χ1v) is 25.4. The van der Waals surface area contributed by atoms with Gasteiger partial charge in [-0.1, -0.05) is 126 Å². The molecule has 2 atom stereocenters. The minimum atomic E-state index is -0.826. The maximum absolute atomic E-state index is 9.38. The topological polar surface area (TPSA) is 58.2 Å². The summed E-state index contributed by atoms with van der Waals surface area (Å²) in [5, 5.41) is 9.76. The van der Waals surface area contributed by atoms with Crippen LogP contribution in [0.25, 0.3) is 43.8 Å². The normalized spacial score (nSPS) is 11.3. The summed E-state index contributed by atoms with van der Waals surface area (Å²) < 4.78 is 0. The van der Waals surface area contributed by atoms with Gasteiger partial charge in [-0.3, -0.25) is 9.59 Å². The Hall–Kier alpha value is -3.43. The van der Waals surface area contributed by atoms with Crippen LogP contribution in [0.3, 0.4) is 0 Å². The Bertz CT molecular complexity index is 1860. The predicted octanol–water partition coefficient (Wildman–Crippen LogP) is 12.8. The molecule has 1 radical (unpaired) electrons. The molecule has 0 bridgehead atoms. The third kappa shape index (κ3) is 12.8. The number of aryl methyl sites for hydroxylation is 2. The van der Waals surface area contributed by atoms with Gasteiger partial charge in [-0.05, 0) is 59.8 Å². The zero-order chi connectivity index (χ0) is 39.3. The van der Waals surface area contributed by atoms with E-state index >= 15 is 0 Å². The van der Waals surface area contributed by atoms with E-state index in [1.807, 2.05) is 0 Å². The molecule has 2 N–H and O–H groups in total. The minimum absolute atomic E-state index is 0.455. The molecule has 6 rings (SSSR count). The van der Waals surface area contributed by atoms with Crippen LogP contribution in [0, 0.1) is 0 Å². The number of carbonyl (C=O) groups is 2. The Kier molecular flexibility index (Phi) is 20.7. The summed E-state index contributed by atoms with van der Waals surface area (Å²) in [4.78, 5) is 18.8. The van der Waals surface area contributed by atoms with E-state index in [0.717, 1.165) is 7.55 Å². The molecule has 0 spiro atoms. The van der Waals surface area contributed by atoms with Crippen LogP contribution in [0.2, 0.25) is 0 Å². The van der Waals surface area contributed by atoms with Gasteiger partial charge in [-0.15, -0.1) is 69.1 Å². The fourth-order valence-corrected chi connectivity index (χ4v) is 6.83. The van der Waals surface area contributed by atoms with E-state index in [1.54, 1.807) is 0 Å². The Balaban J connectivity index is 0.000000233. The first kappa shape index (κ1) is 45.0. The van der Waals surface area contributed by atoms with Gasteiger partial charge in [0.2, 0.25) is 0 Å². The van der Waals surface area contributed by atoms with Crippen molar-refractivity contribution in [3.63, 3.8) is 0 Å². The molecule has 2 amide bonds. The second kappa shape index (κ2) is 24.9. The maximum atomic E-state index is 9.38. The van der Waals surface area contributed by atoms with Crippen molar-refractivity contribution >= 4 is 58.9 Å². The summed E-state index contributed by atoms with van der Waals surface area (Å²) in [6.07, 6.45) is 8.00. The molecular weight excluding hydrogens is 785 g/mol. The Labute approximate surface area is 343 Å². The first-order chi connectivity index (χ1) is 26.3. The van der Waals surface area contributed by atoms with Gasteiger partial charge in [0.15, 0.2) is 12.8 Å². The van der Waals surface area contributed by atoms with Gasteiger partial charge in [0.05, 0.1) is 0 Å². The average molecular weight is 840 g/mol. The quantitative estimate of drug-likeness (QED) is 0.0497. The summed E-state index contributed by atoms with van der Waals surface area (Å²) in [7, 11) is 11.0. The summed E-state index contributed by atoms with van der Waals surface area (Å²) in [6.45, 7) is 13.7. The summed E-state index contributed by atoms with van der Waals surface area (Å²) >= 11 is -0.826. The average Bonchev–Trinajstić information content (AvgIpc) is 3.82. The van der Waals surface area contributed by atoms with Crippen LogP contribution in [0.5, 0.6) is 0 Å². The third-order valence-corrected chi connectivity index (χ3v) is 9.79. The van der Waals surface area contributed by atoms with E-state index in [1.165, 1.54) is 105 Å². The van der Waals surface area contributed by atoms with Crippen molar-refractivity contribution in [2.75, 3.05) is 0 Å². The molecule has 6 aromatic carbocycles. The number of halogens is 2. The Morgan fingerprint density at radius 2 is 0.981 bits per heavy atom. The Morgan fingerprint density at radius 1 is 0.611 bits per heavy atom. The number of amides is 2. The Morgan fingerprint density at radius 3 is 1.33 bits per heavy atom. The second-order valence-corrected chi connectivity index (χ2v) is 17.2. The molecule has 8 heteroatoms. The van der Waals surface area contributed by atoms with Crippen LogP contribution in [-0.4, -0.2) is 20.4 Å². The van der Waals surface area contributed by atoms with Gasteiger partial charge in [-0.25, -0.2) is 0 Å². The number of carbonyl (C=O) groups excluding carboxylic acids is 2. The fourth-order valence-electron chi connectivity index (χ4n) is 6.83. The van der Waals surface area contributed by atoms with Crippen LogP contribution < -0.4 is 10.5 Å². The summed E-state index contributed by atoms with van der Waals surface area (Å²) in [5.74, 6) is 1.19. The van der Waals surface area contributed by atoms with Crippen LogP contribution in [0.15, 0.2) is 109 Å². The number of fused-ring (bicyclic) bond motifs is 2. The molecule has 0 saturated carbocycles. The molecule has 0 heterocycles. The number of rotatable bonds is 14. The molecule has 0 aliphatic heterocycles. The summed E-state index contributed by atoms with van der Waals surface area (Å²) in [5.41, 5.74) is 11.4. The SMILES string of the molecule is CCCc1cc2c(-c3ccccc3C(C)CC)cccc2[cH-]1.CCCc1cc2c(-c3ccccc3C(C)CC)cccc2[cH-]1.O=CN[B]NC=O.[Cl][Zr+2][Cl]. The van der Waals surface area contributed by atoms with Crippen molar-refractivity contribution in [3.05, 3.63) is 131 Å². The van der Waals surface area contributed by atoms with Crippen molar-refractivity contribution in [2.45, 2.75) is 91.9 Å². The van der Waals surface area contributed by atoms with E-state index in [4.69, 9.17) is 17.0 Å². The van der Waals surface area contributed by atoms with Crippen molar-refractivity contribution < 1.29 is 30.4 Å². The molecule has 2 unspecified atom stereocenters. The molecule has 4 nitrogen and oxygen atoms in total. The van der Waals surface area contributed by atoms with Crippen molar-refractivity contribution in [2.24, 2.45) is 0 Å². The fraction of sp³-hybridized carbons (Fsp3) is 0.304. The zero-order valence-corrected chi connectivity index (χ0v) is 36.6. The number of hydrogen-bond donors (Lipinski definition) is 2. The third-order valence-electron chi connectivity index (χ3n) is 9.79. The number of hydrogen-bond acceptors (Lipinski definition) is 2. The number of benzene rings is 4. The molecule has 0 aliphatic carbocycles. The molecule has 281 valence electrons. The second-order valence-electron chi connectivity index (χ2n) is 13.4. The van der Waals surface area contributed by atoms with Crippen LogP contribution >= 0.6 is 17.0 Å². The molecular formula is C46H54BCl2N2O2Zr. The van der Waals surface area contributed by atoms with E-state index in [9.17, 15) is 9.59 Å². The van der Waals surface area contributed by atoms with Crippen molar-refractivity contribution in [3.8, 4) is 22.3 Å². The van der Waals surface area contributed by atoms with E-state index < -0.39 is 20.8 Å². The molecule has 0 fully saturated rings. The molecule has 0 aliphatic rings. The summed E-state index contributed by atoms with van der Waals surface area (Å²) in [6, 6.07) is 40.7. The monoisotopic (exact) mass is 837 g/mol. The van der Waals surface area contributed by atoms with Gasteiger partial charge in [-0.2, -0.15) is 12.1 Å². The van der Waals surface area contributed by atoms with Crippen molar-refractivity contribution in [1.29, 1.82) is 0 Å². The molecule has 6 aromatic rings. The van der Waals surface area contributed by atoms with Gasteiger partial charge in [0, 0.05) is 0 Å². The standard InChI is InChI=1S/2C22H25.C2H4BN2O2.2ClH.Zr/c2*1-4-9-17-14-18-10-8-13-21(22(18)15-17)20-12-7-6-11-19(20)16(3)5-2;6-1-4-3-5-2-7;;;/h2*6-8,10-16H,4-5,9H2,1-3H3;1-2H,(H,4,6)(H,5,7);2*1H;/q2*-1;;;;+4/p-2. The van der Waals surface area contributed by atoms with Crippen LogP contribution in [0.1, 0.15) is 101 Å². The van der Waals surface area contributed by atoms with E-state index in [0.29, 0.717) is 24.7 Å². The van der Waals surface area contributed by atoms with Gasteiger partial charge in [0.1, 0.15) is 0 Å².